The zero-order chi connectivity index (χ0) is 20.9. The maximum Gasteiger partial charge on any atom is 0.416 e. The standard InChI is InChI=1S/C23H21ClF3NO/c1-2-3-10-22(29-19-7-4-6-18(24)15-19)21-9-5-8-20(28-21)16-11-13-17(14-12-16)23(25,26)27/h4-9,11-15,22H,2-3,10H2,1H3/t22-/m0/s1. The number of hydrogen-bond acceptors (Lipinski definition) is 2. The number of unbranched alkanes of at least 4 members (excludes halogenated alkanes) is 1. The van der Waals surface area contributed by atoms with Gasteiger partial charge in [0, 0.05) is 10.6 Å². The minimum atomic E-state index is -4.36. The SMILES string of the molecule is CCCC[C@H](Oc1cccc(Cl)c1)c1cccc(-c2ccc(C(F)(F)F)cc2)n1. The highest BCUT2D eigenvalue weighted by Gasteiger charge is 2.30. The lowest BCUT2D eigenvalue weighted by molar-refractivity contribution is -0.137. The third kappa shape index (κ3) is 5.73. The molecule has 0 aliphatic carbocycles. The normalized spacial score (nSPS) is 12.6. The Hall–Kier alpha value is -2.53. The highest BCUT2D eigenvalue weighted by Crippen LogP contribution is 2.32. The van der Waals surface area contributed by atoms with Crippen LogP contribution in [0.1, 0.15) is 43.5 Å². The number of alkyl halides is 3. The third-order valence-electron chi connectivity index (χ3n) is 4.50. The first kappa shape index (κ1) is 21.2. The van der Waals surface area contributed by atoms with E-state index in [1.807, 2.05) is 24.3 Å². The van der Waals surface area contributed by atoms with Crippen LogP contribution >= 0.6 is 11.6 Å². The third-order valence-corrected chi connectivity index (χ3v) is 4.74. The van der Waals surface area contributed by atoms with Crippen LogP contribution in [0.3, 0.4) is 0 Å². The number of nitrogens with zero attached hydrogens (tertiary/aromatic N) is 1. The molecule has 0 bridgehead atoms. The van der Waals surface area contributed by atoms with Crippen LogP contribution < -0.4 is 4.74 Å². The summed E-state index contributed by atoms with van der Waals surface area (Å²) in [6.07, 6.45) is -1.90. The van der Waals surface area contributed by atoms with Gasteiger partial charge in [-0.25, -0.2) is 4.98 Å². The Kier molecular flexibility index (Phi) is 6.80. The van der Waals surface area contributed by atoms with Crippen LogP contribution in [0.5, 0.6) is 5.75 Å². The molecular weight excluding hydrogens is 399 g/mol. The second-order valence-electron chi connectivity index (χ2n) is 6.73. The molecule has 2 nitrogen and oxygen atoms in total. The summed E-state index contributed by atoms with van der Waals surface area (Å²) in [5.74, 6) is 0.653. The molecule has 0 fully saturated rings. The molecule has 0 aliphatic heterocycles. The van der Waals surface area contributed by atoms with E-state index in [0.29, 0.717) is 22.0 Å². The van der Waals surface area contributed by atoms with Gasteiger partial charge in [-0.1, -0.05) is 49.2 Å². The minimum Gasteiger partial charge on any atom is -0.484 e. The molecule has 0 aliphatic rings. The zero-order valence-corrected chi connectivity index (χ0v) is 16.7. The Bertz CT molecular complexity index is 941. The number of ether oxygens (including phenoxy) is 1. The largest absolute Gasteiger partial charge is 0.484 e. The van der Waals surface area contributed by atoms with Crippen molar-refractivity contribution in [2.45, 2.75) is 38.5 Å². The molecule has 29 heavy (non-hydrogen) atoms. The summed E-state index contributed by atoms with van der Waals surface area (Å²) in [6.45, 7) is 2.10. The van der Waals surface area contributed by atoms with Crippen molar-refractivity contribution in [3.63, 3.8) is 0 Å². The van der Waals surface area contributed by atoms with E-state index >= 15 is 0 Å². The van der Waals surface area contributed by atoms with E-state index in [0.717, 1.165) is 37.1 Å². The van der Waals surface area contributed by atoms with Gasteiger partial charge >= 0.3 is 6.18 Å². The van der Waals surface area contributed by atoms with E-state index in [9.17, 15) is 13.2 Å². The number of hydrogen-bond donors (Lipinski definition) is 0. The summed E-state index contributed by atoms with van der Waals surface area (Å²) < 4.78 is 44.6. The Balaban J connectivity index is 1.87. The van der Waals surface area contributed by atoms with Crippen molar-refractivity contribution in [2.24, 2.45) is 0 Å². The highest BCUT2D eigenvalue weighted by molar-refractivity contribution is 6.30. The fourth-order valence-corrected chi connectivity index (χ4v) is 3.16. The lowest BCUT2D eigenvalue weighted by Crippen LogP contribution is -2.10. The van der Waals surface area contributed by atoms with Crippen LogP contribution in [-0.2, 0) is 6.18 Å². The molecule has 2 aromatic carbocycles. The van der Waals surface area contributed by atoms with E-state index in [1.54, 1.807) is 18.2 Å². The first-order chi connectivity index (χ1) is 13.9. The Morgan fingerprint density at radius 1 is 1.00 bits per heavy atom. The highest BCUT2D eigenvalue weighted by atomic mass is 35.5. The van der Waals surface area contributed by atoms with E-state index < -0.39 is 11.7 Å². The van der Waals surface area contributed by atoms with Crippen molar-refractivity contribution in [1.29, 1.82) is 0 Å². The monoisotopic (exact) mass is 419 g/mol. The van der Waals surface area contributed by atoms with Gasteiger partial charge in [0.15, 0.2) is 0 Å². The summed E-state index contributed by atoms with van der Waals surface area (Å²) in [4.78, 5) is 4.67. The van der Waals surface area contributed by atoms with Crippen LogP contribution in [0.25, 0.3) is 11.3 Å². The molecule has 0 saturated heterocycles. The molecule has 152 valence electrons. The molecule has 1 heterocycles. The number of pyridine rings is 1. The van der Waals surface area contributed by atoms with Crippen LogP contribution in [-0.4, -0.2) is 4.98 Å². The maximum atomic E-state index is 12.8. The summed E-state index contributed by atoms with van der Waals surface area (Å²) in [5, 5.41) is 0.586. The van der Waals surface area contributed by atoms with E-state index in [2.05, 4.69) is 11.9 Å². The molecule has 0 N–H and O–H groups in total. The number of rotatable bonds is 7. The molecule has 1 aromatic heterocycles. The van der Waals surface area contributed by atoms with Gasteiger partial charge in [-0.05, 0) is 55.3 Å². The summed E-state index contributed by atoms with van der Waals surface area (Å²) in [5.41, 5.74) is 1.28. The predicted molar refractivity (Wildman–Crippen MR) is 109 cm³/mol. The summed E-state index contributed by atoms with van der Waals surface area (Å²) in [7, 11) is 0. The van der Waals surface area contributed by atoms with Crippen LogP contribution in [0.4, 0.5) is 13.2 Å². The lowest BCUT2D eigenvalue weighted by atomic mass is 10.1. The van der Waals surface area contributed by atoms with Crippen molar-refractivity contribution in [2.75, 3.05) is 0 Å². The van der Waals surface area contributed by atoms with Crippen LogP contribution in [0.15, 0.2) is 66.7 Å². The molecular formula is C23H21ClF3NO. The maximum absolute atomic E-state index is 12.8. The molecule has 0 spiro atoms. The molecule has 0 saturated carbocycles. The topological polar surface area (TPSA) is 22.1 Å². The second kappa shape index (κ2) is 9.31. The second-order valence-corrected chi connectivity index (χ2v) is 7.17. The first-order valence-corrected chi connectivity index (χ1v) is 9.81. The molecule has 0 unspecified atom stereocenters. The first-order valence-electron chi connectivity index (χ1n) is 9.43. The van der Waals surface area contributed by atoms with Crippen molar-refractivity contribution < 1.29 is 17.9 Å². The molecule has 3 rings (SSSR count). The van der Waals surface area contributed by atoms with Crippen molar-refractivity contribution in [1.82, 2.24) is 4.98 Å². The van der Waals surface area contributed by atoms with Gasteiger partial charge in [0.1, 0.15) is 11.9 Å². The van der Waals surface area contributed by atoms with Gasteiger partial charge in [0.05, 0.1) is 17.0 Å². The Morgan fingerprint density at radius 2 is 1.72 bits per heavy atom. The van der Waals surface area contributed by atoms with Gasteiger partial charge in [0.25, 0.3) is 0 Å². The van der Waals surface area contributed by atoms with Crippen molar-refractivity contribution in [3.8, 4) is 17.0 Å². The zero-order valence-electron chi connectivity index (χ0n) is 15.9. The summed E-state index contributed by atoms with van der Waals surface area (Å²) in [6, 6.07) is 17.7. The Morgan fingerprint density at radius 3 is 2.38 bits per heavy atom. The van der Waals surface area contributed by atoms with Crippen molar-refractivity contribution in [3.05, 3.63) is 83.0 Å². The lowest BCUT2D eigenvalue weighted by Gasteiger charge is -2.19. The molecule has 1 atom stereocenters. The number of halogens is 4. The quantitative estimate of drug-likeness (QED) is 0.391. The minimum absolute atomic E-state index is 0.275. The van der Waals surface area contributed by atoms with E-state index in [-0.39, 0.29) is 6.10 Å². The summed E-state index contributed by atoms with van der Waals surface area (Å²) >= 11 is 6.05. The van der Waals surface area contributed by atoms with Gasteiger partial charge in [-0.15, -0.1) is 0 Å². The average Bonchev–Trinajstić information content (AvgIpc) is 2.71. The van der Waals surface area contributed by atoms with E-state index in [1.165, 1.54) is 12.1 Å². The molecule has 6 heteroatoms. The number of aromatic nitrogens is 1. The predicted octanol–water partition coefficient (Wildman–Crippen LogP) is 7.73. The van der Waals surface area contributed by atoms with Gasteiger partial charge < -0.3 is 4.74 Å². The number of benzene rings is 2. The van der Waals surface area contributed by atoms with Crippen LogP contribution in [0.2, 0.25) is 5.02 Å². The molecule has 0 amide bonds. The van der Waals surface area contributed by atoms with Crippen LogP contribution in [0, 0.1) is 0 Å². The van der Waals surface area contributed by atoms with Gasteiger partial charge in [-0.2, -0.15) is 13.2 Å². The molecule has 0 radical (unpaired) electrons. The molecule has 3 aromatic rings. The van der Waals surface area contributed by atoms with E-state index in [4.69, 9.17) is 16.3 Å². The van der Waals surface area contributed by atoms with Crippen molar-refractivity contribution >= 4 is 11.6 Å². The van der Waals surface area contributed by atoms with Gasteiger partial charge in [-0.3, -0.25) is 0 Å². The smallest absolute Gasteiger partial charge is 0.416 e. The fraction of sp³-hybridized carbons (Fsp3) is 0.261. The van der Waals surface area contributed by atoms with Gasteiger partial charge in [0.2, 0.25) is 0 Å². The fourth-order valence-electron chi connectivity index (χ4n) is 2.98. The Labute approximate surface area is 173 Å². The average molecular weight is 420 g/mol.